The first kappa shape index (κ1) is 22.2. The third kappa shape index (κ3) is 4.46. The molecule has 1 saturated heterocycles. The number of nitrogens with zero attached hydrogens (tertiary/aromatic N) is 1. The van der Waals surface area contributed by atoms with Gasteiger partial charge in [-0.25, -0.2) is 13.6 Å². The van der Waals surface area contributed by atoms with Crippen LogP contribution in [0.1, 0.15) is 37.8 Å². The molecule has 0 aromatic heterocycles. The fourth-order valence-electron chi connectivity index (χ4n) is 4.39. The number of ether oxygens (including phenoxy) is 1. The van der Waals surface area contributed by atoms with E-state index in [9.17, 15) is 18.7 Å². The molecule has 1 fully saturated rings. The highest BCUT2D eigenvalue weighted by molar-refractivity contribution is 5.73. The van der Waals surface area contributed by atoms with E-state index in [4.69, 9.17) is 4.74 Å². The van der Waals surface area contributed by atoms with Crippen molar-refractivity contribution in [1.82, 2.24) is 4.90 Å². The van der Waals surface area contributed by atoms with E-state index in [-0.39, 0.29) is 24.9 Å². The summed E-state index contributed by atoms with van der Waals surface area (Å²) < 4.78 is 32.7. The summed E-state index contributed by atoms with van der Waals surface area (Å²) in [6.45, 7) is 2.27. The van der Waals surface area contributed by atoms with Crippen LogP contribution >= 0.6 is 0 Å². The van der Waals surface area contributed by atoms with Gasteiger partial charge in [-0.05, 0) is 60.2 Å². The standard InChI is InChI=1S/C26H27F2NO3/c1-18(19-3-5-20(6-4-19)21-7-11-23(27)12-8-21)29-17-26(15-2-16-30,32-25(29)31)22-9-13-24(28)14-10-22/h3-13,18,24,30H,2,14-17H2,1H3/t18-,24?,26?/m0/s1. The number of rotatable bonds is 7. The normalized spacial score (nSPS) is 23.8. The lowest BCUT2D eigenvalue weighted by Gasteiger charge is -2.31. The molecule has 0 saturated carbocycles. The van der Waals surface area contributed by atoms with Crippen LogP contribution in [0.3, 0.4) is 0 Å². The molecule has 6 heteroatoms. The highest BCUT2D eigenvalue weighted by Crippen LogP contribution is 2.40. The van der Waals surface area contributed by atoms with Crippen molar-refractivity contribution in [2.45, 2.75) is 44.0 Å². The zero-order chi connectivity index (χ0) is 22.7. The van der Waals surface area contributed by atoms with Crippen LogP contribution in [0.15, 0.2) is 72.3 Å². The molecular formula is C26H27F2NO3. The number of carbonyl (C=O) groups is 1. The second-order valence-electron chi connectivity index (χ2n) is 8.39. The lowest BCUT2D eigenvalue weighted by Crippen LogP contribution is -2.38. The topological polar surface area (TPSA) is 49.8 Å². The average molecular weight is 440 g/mol. The van der Waals surface area contributed by atoms with Crippen LogP contribution in [-0.4, -0.2) is 41.0 Å². The number of carbonyl (C=O) groups excluding carboxylic acids is 1. The summed E-state index contributed by atoms with van der Waals surface area (Å²) in [5.74, 6) is -0.277. The third-order valence-corrected chi connectivity index (χ3v) is 6.29. The van der Waals surface area contributed by atoms with Gasteiger partial charge in [0.05, 0.1) is 12.6 Å². The molecule has 1 aliphatic carbocycles. The first-order valence-corrected chi connectivity index (χ1v) is 10.9. The highest BCUT2D eigenvalue weighted by atomic mass is 19.1. The third-order valence-electron chi connectivity index (χ3n) is 6.29. The van der Waals surface area contributed by atoms with Crippen LogP contribution in [0.5, 0.6) is 0 Å². The lowest BCUT2D eigenvalue weighted by atomic mass is 9.85. The first-order valence-electron chi connectivity index (χ1n) is 10.9. The van der Waals surface area contributed by atoms with Crippen LogP contribution < -0.4 is 0 Å². The Morgan fingerprint density at radius 2 is 1.81 bits per heavy atom. The quantitative estimate of drug-likeness (QED) is 0.598. The molecule has 2 unspecified atom stereocenters. The first-order chi connectivity index (χ1) is 15.4. The van der Waals surface area contributed by atoms with Crippen LogP contribution in [0.25, 0.3) is 11.1 Å². The van der Waals surface area contributed by atoms with E-state index in [0.717, 1.165) is 22.3 Å². The van der Waals surface area contributed by atoms with E-state index >= 15 is 0 Å². The van der Waals surface area contributed by atoms with Crippen molar-refractivity contribution in [2.24, 2.45) is 0 Å². The Morgan fingerprint density at radius 3 is 2.41 bits per heavy atom. The zero-order valence-electron chi connectivity index (χ0n) is 18.0. The molecule has 1 heterocycles. The second-order valence-corrected chi connectivity index (χ2v) is 8.39. The number of aliphatic hydroxyl groups is 1. The molecule has 0 spiro atoms. The van der Waals surface area contributed by atoms with Gasteiger partial charge in [-0.3, -0.25) is 4.90 Å². The monoisotopic (exact) mass is 439 g/mol. The molecule has 4 rings (SSSR count). The Bertz CT molecular complexity index is 1020. The van der Waals surface area contributed by atoms with Crippen molar-refractivity contribution in [3.8, 4) is 11.1 Å². The minimum absolute atomic E-state index is 0.0115. The SMILES string of the molecule is C[C@@H](c1ccc(-c2ccc(F)cc2)cc1)N1CC(CCCO)(C2=CCC(F)C=C2)OC1=O. The van der Waals surface area contributed by atoms with E-state index in [1.807, 2.05) is 31.2 Å². The molecule has 2 aromatic rings. The Morgan fingerprint density at radius 1 is 1.16 bits per heavy atom. The van der Waals surface area contributed by atoms with E-state index in [1.54, 1.807) is 29.2 Å². The van der Waals surface area contributed by atoms with E-state index < -0.39 is 17.9 Å². The largest absolute Gasteiger partial charge is 0.436 e. The Kier molecular flexibility index (Phi) is 6.42. The summed E-state index contributed by atoms with van der Waals surface area (Å²) in [7, 11) is 0. The predicted octanol–water partition coefficient (Wildman–Crippen LogP) is 5.74. The molecule has 2 aliphatic rings. The number of aliphatic hydroxyl groups excluding tert-OH is 1. The smallest absolute Gasteiger partial charge is 0.411 e. The molecule has 32 heavy (non-hydrogen) atoms. The molecule has 1 N–H and O–H groups in total. The Labute approximate surface area is 186 Å². The minimum atomic E-state index is -1.03. The molecule has 0 radical (unpaired) electrons. The zero-order valence-corrected chi connectivity index (χ0v) is 18.0. The van der Waals surface area contributed by atoms with E-state index in [0.29, 0.717) is 19.4 Å². The Balaban J connectivity index is 1.54. The van der Waals surface area contributed by atoms with Crippen molar-refractivity contribution < 1.29 is 23.4 Å². The van der Waals surface area contributed by atoms with Crippen molar-refractivity contribution in [1.29, 1.82) is 0 Å². The van der Waals surface area contributed by atoms with Crippen LogP contribution in [0, 0.1) is 5.82 Å². The maximum Gasteiger partial charge on any atom is 0.411 e. The van der Waals surface area contributed by atoms with Gasteiger partial charge in [0.15, 0.2) is 5.60 Å². The summed E-state index contributed by atoms with van der Waals surface area (Å²) in [6, 6.07) is 13.9. The lowest BCUT2D eigenvalue weighted by molar-refractivity contribution is 0.0733. The molecule has 168 valence electrons. The predicted molar refractivity (Wildman–Crippen MR) is 119 cm³/mol. The number of alkyl halides is 1. The maximum absolute atomic E-state index is 13.6. The molecule has 0 bridgehead atoms. The summed E-state index contributed by atoms with van der Waals surface area (Å²) in [6.07, 6.45) is 4.73. The minimum Gasteiger partial charge on any atom is -0.436 e. The van der Waals surface area contributed by atoms with Crippen molar-refractivity contribution >= 4 is 6.09 Å². The summed E-state index contributed by atoms with van der Waals surface area (Å²) in [5.41, 5.74) is 2.72. The van der Waals surface area contributed by atoms with Gasteiger partial charge < -0.3 is 9.84 Å². The van der Waals surface area contributed by atoms with Crippen molar-refractivity contribution in [2.75, 3.05) is 13.2 Å². The van der Waals surface area contributed by atoms with E-state index in [1.165, 1.54) is 18.2 Å². The second kappa shape index (κ2) is 9.25. The van der Waals surface area contributed by atoms with Gasteiger partial charge in [-0.15, -0.1) is 0 Å². The molecule has 1 aliphatic heterocycles. The summed E-state index contributed by atoms with van der Waals surface area (Å²) in [5, 5.41) is 9.36. The van der Waals surface area contributed by atoms with Crippen molar-refractivity contribution in [3.05, 3.63) is 83.7 Å². The molecule has 3 atom stereocenters. The van der Waals surface area contributed by atoms with Gasteiger partial charge in [-0.2, -0.15) is 0 Å². The number of hydrogen-bond acceptors (Lipinski definition) is 3. The van der Waals surface area contributed by atoms with Crippen molar-refractivity contribution in [3.63, 3.8) is 0 Å². The van der Waals surface area contributed by atoms with Crippen LogP contribution in [-0.2, 0) is 4.74 Å². The van der Waals surface area contributed by atoms with Gasteiger partial charge >= 0.3 is 6.09 Å². The number of benzene rings is 2. The summed E-state index contributed by atoms with van der Waals surface area (Å²) >= 11 is 0. The number of allylic oxidation sites excluding steroid dienone is 2. The Hall–Kier alpha value is -2.99. The number of cyclic esters (lactones) is 1. The maximum atomic E-state index is 13.6. The number of amides is 1. The van der Waals surface area contributed by atoms with Gasteiger partial charge in [0.1, 0.15) is 12.0 Å². The summed E-state index contributed by atoms with van der Waals surface area (Å²) in [4.78, 5) is 14.6. The molecule has 2 aromatic carbocycles. The van der Waals surface area contributed by atoms with Gasteiger partial charge in [0.2, 0.25) is 0 Å². The average Bonchev–Trinajstić information content (AvgIpc) is 3.15. The fraction of sp³-hybridized carbons (Fsp3) is 0.346. The van der Waals surface area contributed by atoms with Gasteiger partial charge in [0.25, 0.3) is 0 Å². The molecule has 1 amide bonds. The van der Waals surface area contributed by atoms with E-state index in [2.05, 4.69) is 0 Å². The van der Waals surface area contributed by atoms with Gasteiger partial charge in [0, 0.05) is 13.0 Å². The molecular weight excluding hydrogens is 412 g/mol. The van der Waals surface area contributed by atoms with Crippen LogP contribution in [0.2, 0.25) is 0 Å². The molecule has 4 nitrogen and oxygen atoms in total. The van der Waals surface area contributed by atoms with Gasteiger partial charge in [-0.1, -0.05) is 48.6 Å². The number of hydrogen-bond donors (Lipinski definition) is 1. The van der Waals surface area contributed by atoms with Crippen LogP contribution in [0.4, 0.5) is 13.6 Å². The number of halogens is 2. The fourth-order valence-corrected chi connectivity index (χ4v) is 4.39. The highest BCUT2D eigenvalue weighted by Gasteiger charge is 2.48.